The highest BCUT2D eigenvalue weighted by molar-refractivity contribution is 9.10. The first-order chi connectivity index (χ1) is 8.60. The molecule has 0 heterocycles. The summed E-state index contributed by atoms with van der Waals surface area (Å²) in [6.07, 6.45) is 3.47. The predicted molar refractivity (Wildman–Crippen MR) is 72.8 cm³/mol. The van der Waals surface area contributed by atoms with Gasteiger partial charge in [-0.25, -0.2) is 0 Å². The lowest BCUT2D eigenvalue weighted by Crippen LogP contribution is -2.68. The normalized spacial score (nSPS) is 28.0. The Kier molecular flexibility index (Phi) is 2.85. The van der Waals surface area contributed by atoms with Crippen LogP contribution < -0.4 is 10.1 Å². The van der Waals surface area contributed by atoms with Crippen LogP contribution in [-0.4, -0.2) is 18.1 Å². The van der Waals surface area contributed by atoms with E-state index in [0.717, 1.165) is 35.4 Å². The molecule has 3 saturated carbocycles. The monoisotopic (exact) mass is 309 g/mol. The number of carbonyl (C=O) groups excluding carboxylic acids is 1. The molecule has 0 radical (unpaired) electrons. The van der Waals surface area contributed by atoms with Crippen LogP contribution in [0.25, 0.3) is 0 Å². The fourth-order valence-electron chi connectivity index (χ4n) is 2.89. The number of nitrogens with one attached hydrogen (secondary N) is 1. The van der Waals surface area contributed by atoms with Crippen LogP contribution in [-0.2, 0) is 0 Å². The summed E-state index contributed by atoms with van der Waals surface area (Å²) >= 11 is 3.41. The van der Waals surface area contributed by atoms with Gasteiger partial charge in [0.25, 0.3) is 5.91 Å². The summed E-state index contributed by atoms with van der Waals surface area (Å²) in [7, 11) is 0. The second-order valence-electron chi connectivity index (χ2n) is 5.32. The maximum atomic E-state index is 12.2. The lowest BCUT2D eigenvalue weighted by molar-refractivity contribution is -0.0438. The van der Waals surface area contributed by atoms with Gasteiger partial charge in [-0.2, -0.15) is 0 Å². The Morgan fingerprint density at radius 3 is 2.72 bits per heavy atom. The fraction of sp³-hybridized carbons (Fsp3) is 0.500. The van der Waals surface area contributed by atoms with Crippen molar-refractivity contribution in [3.8, 4) is 5.75 Å². The molecule has 0 saturated heterocycles. The summed E-state index contributed by atoms with van der Waals surface area (Å²) in [5, 5.41) is 3.16. The van der Waals surface area contributed by atoms with Gasteiger partial charge in [0.05, 0.1) is 6.61 Å². The van der Waals surface area contributed by atoms with Crippen molar-refractivity contribution in [1.82, 2.24) is 5.32 Å². The van der Waals surface area contributed by atoms with Crippen LogP contribution in [0, 0.1) is 5.92 Å². The van der Waals surface area contributed by atoms with Crippen LogP contribution >= 0.6 is 15.9 Å². The van der Waals surface area contributed by atoms with Crippen molar-refractivity contribution in [2.45, 2.75) is 31.7 Å². The van der Waals surface area contributed by atoms with Crippen molar-refractivity contribution in [2.75, 3.05) is 6.61 Å². The van der Waals surface area contributed by atoms with Gasteiger partial charge in [-0.3, -0.25) is 4.79 Å². The van der Waals surface area contributed by atoms with E-state index in [-0.39, 0.29) is 11.4 Å². The summed E-state index contributed by atoms with van der Waals surface area (Å²) in [6, 6.07) is 5.51. The van der Waals surface area contributed by atoms with E-state index in [4.69, 9.17) is 4.74 Å². The van der Waals surface area contributed by atoms with Gasteiger partial charge >= 0.3 is 0 Å². The first kappa shape index (κ1) is 12.0. The van der Waals surface area contributed by atoms with Gasteiger partial charge < -0.3 is 10.1 Å². The highest BCUT2D eigenvalue weighted by Crippen LogP contribution is 2.57. The number of ether oxygens (including phenoxy) is 1. The van der Waals surface area contributed by atoms with Gasteiger partial charge in [-0.05, 0) is 50.3 Å². The minimum atomic E-state index is 0.00963. The Hall–Kier alpha value is -1.03. The SMILES string of the molecule is CCOc1cc(Br)cc(C(=O)NC23CC(C2)C3)c1. The average Bonchev–Trinajstić information content (AvgIpc) is 2.21. The van der Waals surface area contributed by atoms with E-state index in [1.807, 2.05) is 19.1 Å². The highest BCUT2D eigenvalue weighted by Gasteiger charge is 2.57. The second kappa shape index (κ2) is 4.26. The Bertz CT molecular complexity index is 484. The Labute approximate surface area is 115 Å². The van der Waals surface area contributed by atoms with E-state index in [1.54, 1.807) is 6.07 Å². The smallest absolute Gasteiger partial charge is 0.251 e. The van der Waals surface area contributed by atoms with Crippen molar-refractivity contribution in [1.29, 1.82) is 0 Å². The molecule has 2 bridgehead atoms. The maximum Gasteiger partial charge on any atom is 0.251 e. The molecule has 96 valence electrons. The van der Waals surface area contributed by atoms with Crippen LogP contribution in [0.1, 0.15) is 36.5 Å². The van der Waals surface area contributed by atoms with E-state index >= 15 is 0 Å². The summed E-state index contributed by atoms with van der Waals surface area (Å²) in [5.74, 6) is 1.61. The van der Waals surface area contributed by atoms with E-state index < -0.39 is 0 Å². The number of benzene rings is 1. The molecule has 0 aromatic heterocycles. The van der Waals surface area contributed by atoms with Gasteiger partial charge in [0.15, 0.2) is 0 Å². The molecule has 0 aliphatic heterocycles. The summed E-state index contributed by atoms with van der Waals surface area (Å²) < 4.78 is 6.32. The van der Waals surface area contributed by atoms with Crippen LogP contribution in [0.15, 0.2) is 22.7 Å². The molecule has 18 heavy (non-hydrogen) atoms. The van der Waals surface area contributed by atoms with E-state index in [1.165, 1.54) is 0 Å². The first-order valence-electron chi connectivity index (χ1n) is 6.36. The largest absolute Gasteiger partial charge is 0.494 e. The predicted octanol–water partition coefficient (Wildman–Crippen LogP) is 3.13. The molecule has 3 fully saturated rings. The van der Waals surface area contributed by atoms with Crippen molar-refractivity contribution < 1.29 is 9.53 Å². The maximum absolute atomic E-state index is 12.2. The molecular weight excluding hydrogens is 294 g/mol. The Morgan fingerprint density at radius 2 is 2.17 bits per heavy atom. The standard InChI is InChI=1S/C14H16BrNO2/c1-2-18-12-4-10(3-11(15)5-12)13(17)16-14-6-9(7-14)8-14/h3-5,9H,2,6-8H2,1H3,(H,16,17). The molecule has 1 amide bonds. The van der Waals surface area contributed by atoms with Crippen LogP contribution in [0.2, 0.25) is 0 Å². The molecule has 0 unspecified atom stereocenters. The van der Waals surface area contributed by atoms with Gasteiger partial charge in [0, 0.05) is 15.6 Å². The Morgan fingerprint density at radius 1 is 1.44 bits per heavy atom. The molecule has 1 N–H and O–H groups in total. The van der Waals surface area contributed by atoms with E-state index in [2.05, 4.69) is 21.2 Å². The molecule has 4 rings (SSSR count). The topological polar surface area (TPSA) is 38.3 Å². The van der Waals surface area contributed by atoms with E-state index in [9.17, 15) is 4.79 Å². The number of hydrogen-bond acceptors (Lipinski definition) is 2. The number of carbonyl (C=O) groups is 1. The summed E-state index contributed by atoms with van der Waals surface area (Å²) in [4.78, 5) is 12.2. The molecule has 4 heteroatoms. The summed E-state index contributed by atoms with van der Waals surface area (Å²) in [5.41, 5.74) is 0.785. The van der Waals surface area contributed by atoms with Gasteiger partial charge in [-0.1, -0.05) is 15.9 Å². The Balaban J connectivity index is 1.75. The first-order valence-corrected chi connectivity index (χ1v) is 7.15. The molecule has 1 aromatic carbocycles. The van der Waals surface area contributed by atoms with Crippen molar-refractivity contribution >= 4 is 21.8 Å². The van der Waals surface area contributed by atoms with Crippen LogP contribution in [0.4, 0.5) is 0 Å². The molecule has 3 aliphatic carbocycles. The number of rotatable bonds is 4. The third-order valence-electron chi connectivity index (χ3n) is 3.86. The van der Waals surface area contributed by atoms with Crippen molar-refractivity contribution in [3.63, 3.8) is 0 Å². The minimum absolute atomic E-state index is 0.00963. The molecular formula is C14H16BrNO2. The van der Waals surface area contributed by atoms with Crippen LogP contribution in [0.5, 0.6) is 5.75 Å². The van der Waals surface area contributed by atoms with Crippen LogP contribution in [0.3, 0.4) is 0 Å². The molecule has 0 atom stereocenters. The third-order valence-corrected chi connectivity index (χ3v) is 4.32. The van der Waals surface area contributed by atoms with Gasteiger partial charge in [-0.15, -0.1) is 0 Å². The zero-order valence-corrected chi connectivity index (χ0v) is 11.9. The fourth-order valence-corrected chi connectivity index (χ4v) is 3.36. The number of amides is 1. The highest BCUT2D eigenvalue weighted by atomic mass is 79.9. The van der Waals surface area contributed by atoms with Crippen molar-refractivity contribution in [3.05, 3.63) is 28.2 Å². The number of hydrogen-bond donors (Lipinski definition) is 1. The molecule has 0 spiro atoms. The lowest BCUT2D eigenvalue weighted by atomic mass is 9.50. The number of halogens is 1. The van der Waals surface area contributed by atoms with Gasteiger partial charge in [0.2, 0.25) is 0 Å². The molecule has 3 aliphatic rings. The third kappa shape index (κ3) is 2.03. The molecule has 3 nitrogen and oxygen atoms in total. The minimum Gasteiger partial charge on any atom is -0.494 e. The second-order valence-corrected chi connectivity index (χ2v) is 6.24. The van der Waals surface area contributed by atoms with E-state index in [0.29, 0.717) is 12.2 Å². The quantitative estimate of drug-likeness (QED) is 0.928. The summed E-state index contributed by atoms with van der Waals surface area (Å²) in [6.45, 7) is 2.53. The zero-order valence-electron chi connectivity index (χ0n) is 10.3. The zero-order chi connectivity index (χ0) is 12.8. The van der Waals surface area contributed by atoms with Crippen molar-refractivity contribution in [2.24, 2.45) is 5.92 Å². The lowest BCUT2D eigenvalue weighted by Gasteiger charge is -2.61. The average molecular weight is 310 g/mol. The van der Waals surface area contributed by atoms with Gasteiger partial charge in [0.1, 0.15) is 5.75 Å². The molecule has 1 aromatic rings.